The van der Waals surface area contributed by atoms with Crippen molar-refractivity contribution in [1.82, 2.24) is 4.90 Å². The first kappa shape index (κ1) is 18.2. The van der Waals surface area contributed by atoms with Crippen molar-refractivity contribution in [2.45, 2.75) is 25.2 Å². The molecule has 0 heterocycles. The van der Waals surface area contributed by atoms with Crippen LogP contribution >= 0.6 is 0 Å². The maximum absolute atomic E-state index is 12.8. The molecule has 0 aliphatic heterocycles. The summed E-state index contributed by atoms with van der Waals surface area (Å²) in [6.07, 6.45) is -5.67. The Balaban J connectivity index is 2.62. The second kappa shape index (κ2) is 7.46. The molecule has 0 aromatic heterocycles. The third-order valence-electron chi connectivity index (χ3n) is 2.87. The molecule has 1 rings (SSSR count). The molecule has 0 radical (unpaired) electrons. The number of carbonyl (C=O) groups excluding carboxylic acids is 1. The van der Waals surface area contributed by atoms with Gasteiger partial charge in [0.25, 0.3) is 0 Å². The van der Waals surface area contributed by atoms with Gasteiger partial charge in [-0.25, -0.2) is 0 Å². The smallest absolute Gasteiger partial charge is 0.419 e. The molecule has 124 valence electrons. The molecule has 1 aromatic rings. The first-order valence-corrected chi connectivity index (χ1v) is 6.60. The minimum Gasteiger partial charge on any atom is -0.490 e. The van der Waals surface area contributed by atoms with Crippen LogP contribution in [-0.2, 0) is 11.0 Å². The molecule has 0 saturated carbocycles. The minimum atomic E-state index is -4.54. The number of ether oxygens (including phenoxy) is 1. The number of hydrogen-bond donors (Lipinski definition) is 2. The number of alkyl halides is 3. The summed E-state index contributed by atoms with van der Waals surface area (Å²) in [5.41, 5.74) is 4.50. The van der Waals surface area contributed by atoms with E-state index in [-0.39, 0.29) is 24.8 Å². The van der Waals surface area contributed by atoms with Gasteiger partial charge in [0.2, 0.25) is 5.91 Å². The van der Waals surface area contributed by atoms with Crippen LogP contribution in [0.15, 0.2) is 24.3 Å². The van der Waals surface area contributed by atoms with Crippen LogP contribution in [0, 0.1) is 0 Å². The van der Waals surface area contributed by atoms with Crippen LogP contribution < -0.4 is 10.5 Å². The predicted octanol–water partition coefficient (Wildman–Crippen LogP) is 1.25. The van der Waals surface area contributed by atoms with E-state index in [1.165, 1.54) is 37.1 Å². The third-order valence-corrected chi connectivity index (χ3v) is 2.87. The molecule has 0 saturated heterocycles. The van der Waals surface area contributed by atoms with Crippen LogP contribution in [0.3, 0.4) is 0 Å². The fourth-order valence-electron chi connectivity index (χ4n) is 1.82. The average Bonchev–Trinajstić information content (AvgIpc) is 2.43. The van der Waals surface area contributed by atoms with E-state index in [2.05, 4.69) is 0 Å². The fourth-order valence-corrected chi connectivity index (χ4v) is 1.82. The standard InChI is InChI=1S/C14H19F3N2O3/c1-9(18)13(21)19(2)7-10(20)8-22-12-6-4-3-5-11(12)14(15,16)17/h3-6,9-10,20H,7-8,18H2,1-2H3. The number of halogens is 3. The monoisotopic (exact) mass is 320 g/mol. The number of aliphatic hydroxyl groups excluding tert-OH is 1. The quantitative estimate of drug-likeness (QED) is 0.827. The van der Waals surface area contributed by atoms with Crippen LogP contribution in [0.1, 0.15) is 12.5 Å². The second-order valence-electron chi connectivity index (χ2n) is 4.97. The van der Waals surface area contributed by atoms with E-state index in [1.807, 2.05) is 0 Å². The van der Waals surface area contributed by atoms with Gasteiger partial charge in [-0.05, 0) is 19.1 Å². The first-order chi connectivity index (χ1) is 10.1. The predicted molar refractivity (Wildman–Crippen MR) is 74.2 cm³/mol. The molecule has 0 fully saturated rings. The third kappa shape index (κ3) is 5.19. The van der Waals surface area contributed by atoms with E-state index in [1.54, 1.807) is 0 Å². The Labute approximate surface area is 126 Å². The maximum Gasteiger partial charge on any atom is 0.419 e. The van der Waals surface area contributed by atoms with Crippen molar-refractivity contribution in [2.24, 2.45) is 5.73 Å². The van der Waals surface area contributed by atoms with Gasteiger partial charge in [-0.15, -0.1) is 0 Å². The Kier molecular flexibility index (Phi) is 6.19. The minimum absolute atomic E-state index is 0.0887. The topological polar surface area (TPSA) is 75.8 Å². The lowest BCUT2D eigenvalue weighted by Gasteiger charge is -2.23. The molecule has 5 nitrogen and oxygen atoms in total. The van der Waals surface area contributed by atoms with Crippen molar-refractivity contribution >= 4 is 5.91 Å². The van der Waals surface area contributed by atoms with Crippen LogP contribution in [0.25, 0.3) is 0 Å². The van der Waals surface area contributed by atoms with E-state index in [4.69, 9.17) is 10.5 Å². The number of nitrogens with zero attached hydrogens (tertiary/aromatic N) is 1. The number of likely N-dealkylation sites (N-methyl/N-ethyl adjacent to an activating group) is 1. The molecule has 22 heavy (non-hydrogen) atoms. The van der Waals surface area contributed by atoms with Crippen LogP contribution in [0.4, 0.5) is 13.2 Å². The van der Waals surface area contributed by atoms with Gasteiger partial charge in [0, 0.05) is 13.6 Å². The number of benzene rings is 1. The van der Waals surface area contributed by atoms with Gasteiger partial charge in [-0.2, -0.15) is 13.2 Å². The molecule has 3 N–H and O–H groups in total. The molecule has 0 aliphatic carbocycles. The highest BCUT2D eigenvalue weighted by Gasteiger charge is 2.34. The lowest BCUT2D eigenvalue weighted by atomic mass is 10.2. The van der Waals surface area contributed by atoms with E-state index in [0.717, 1.165) is 6.07 Å². The fraction of sp³-hybridized carbons (Fsp3) is 0.500. The number of amides is 1. The summed E-state index contributed by atoms with van der Waals surface area (Å²) in [4.78, 5) is 12.7. The highest BCUT2D eigenvalue weighted by Crippen LogP contribution is 2.35. The highest BCUT2D eigenvalue weighted by atomic mass is 19.4. The van der Waals surface area contributed by atoms with Gasteiger partial charge in [-0.1, -0.05) is 12.1 Å². The SMILES string of the molecule is CC(N)C(=O)N(C)CC(O)COc1ccccc1C(F)(F)F. The van der Waals surface area contributed by atoms with Gasteiger partial charge in [0.05, 0.1) is 11.6 Å². The van der Waals surface area contributed by atoms with Crippen LogP contribution in [0.2, 0.25) is 0 Å². The lowest BCUT2D eigenvalue weighted by molar-refractivity contribution is -0.139. The molecular weight excluding hydrogens is 301 g/mol. The Hall–Kier alpha value is -1.80. The Morgan fingerprint density at radius 1 is 1.41 bits per heavy atom. The molecular formula is C14H19F3N2O3. The zero-order valence-electron chi connectivity index (χ0n) is 12.3. The van der Waals surface area contributed by atoms with Gasteiger partial charge in [0.15, 0.2) is 0 Å². The van der Waals surface area contributed by atoms with Crippen LogP contribution in [0.5, 0.6) is 5.75 Å². The van der Waals surface area contributed by atoms with Crippen molar-refractivity contribution < 1.29 is 27.8 Å². The maximum atomic E-state index is 12.8. The number of nitrogens with two attached hydrogens (primary N) is 1. The molecule has 1 amide bonds. The van der Waals surface area contributed by atoms with Crippen molar-refractivity contribution in [3.05, 3.63) is 29.8 Å². The molecule has 8 heteroatoms. The van der Waals surface area contributed by atoms with Gasteiger partial charge in [0.1, 0.15) is 18.5 Å². The summed E-state index contributed by atoms with van der Waals surface area (Å²) in [6, 6.07) is 4.01. The molecule has 0 bridgehead atoms. The summed E-state index contributed by atoms with van der Waals surface area (Å²) in [7, 11) is 1.44. The van der Waals surface area contributed by atoms with Crippen molar-refractivity contribution in [3.63, 3.8) is 0 Å². The second-order valence-corrected chi connectivity index (χ2v) is 4.97. The van der Waals surface area contributed by atoms with Crippen molar-refractivity contribution in [3.8, 4) is 5.75 Å². The largest absolute Gasteiger partial charge is 0.490 e. The van der Waals surface area contributed by atoms with Gasteiger partial charge < -0.3 is 20.5 Å². The van der Waals surface area contributed by atoms with Gasteiger partial charge >= 0.3 is 6.18 Å². The molecule has 2 atom stereocenters. The Bertz CT molecular complexity index is 506. The molecule has 0 spiro atoms. The summed E-state index contributed by atoms with van der Waals surface area (Å²) < 4.78 is 43.3. The number of para-hydroxylation sites is 1. The molecule has 1 aromatic carbocycles. The molecule has 0 aliphatic rings. The number of rotatable bonds is 6. The van der Waals surface area contributed by atoms with Crippen molar-refractivity contribution in [1.29, 1.82) is 0 Å². The van der Waals surface area contributed by atoms with Crippen LogP contribution in [-0.4, -0.2) is 48.3 Å². The summed E-state index contributed by atoms with van der Waals surface area (Å²) >= 11 is 0. The summed E-state index contributed by atoms with van der Waals surface area (Å²) in [6.45, 7) is 1.04. The van der Waals surface area contributed by atoms with Gasteiger partial charge in [-0.3, -0.25) is 4.79 Å². The van der Waals surface area contributed by atoms with E-state index >= 15 is 0 Å². The number of carbonyl (C=O) groups is 1. The summed E-state index contributed by atoms with van der Waals surface area (Å²) in [5.74, 6) is -0.745. The van der Waals surface area contributed by atoms with Crippen molar-refractivity contribution in [2.75, 3.05) is 20.2 Å². The zero-order valence-corrected chi connectivity index (χ0v) is 12.3. The molecule has 2 unspecified atom stereocenters. The number of aliphatic hydroxyl groups is 1. The Morgan fingerprint density at radius 3 is 2.55 bits per heavy atom. The highest BCUT2D eigenvalue weighted by molar-refractivity contribution is 5.80. The summed E-state index contributed by atoms with van der Waals surface area (Å²) in [5, 5.41) is 9.76. The zero-order chi connectivity index (χ0) is 16.9. The Morgan fingerprint density at radius 2 is 2.00 bits per heavy atom. The normalized spacial score (nSPS) is 14.3. The van der Waals surface area contributed by atoms with E-state index < -0.39 is 23.9 Å². The van der Waals surface area contributed by atoms with E-state index in [9.17, 15) is 23.1 Å². The number of hydrogen-bond acceptors (Lipinski definition) is 4. The average molecular weight is 320 g/mol. The van der Waals surface area contributed by atoms with E-state index in [0.29, 0.717) is 0 Å². The lowest BCUT2D eigenvalue weighted by Crippen LogP contribution is -2.44. The first-order valence-electron chi connectivity index (χ1n) is 6.60.